The van der Waals surface area contributed by atoms with Gasteiger partial charge in [0, 0.05) is 16.7 Å². The molecule has 0 radical (unpaired) electrons. The Morgan fingerprint density at radius 2 is 1.93 bits per heavy atom. The number of hydrogen-bond acceptors (Lipinski definition) is 1. The third-order valence-electron chi connectivity index (χ3n) is 2.20. The molecule has 0 spiro atoms. The Bertz CT molecular complexity index is 380. The summed E-state index contributed by atoms with van der Waals surface area (Å²) < 4.78 is 13.2. The minimum atomic E-state index is -0.473. The van der Waals surface area contributed by atoms with Gasteiger partial charge in [0.05, 0.1) is 0 Å². The monoisotopic (exact) mass is 209 g/mol. The summed E-state index contributed by atoms with van der Waals surface area (Å²) >= 11 is 0. The Morgan fingerprint density at radius 1 is 1.33 bits per heavy atom. The van der Waals surface area contributed by atoms with E-state index < -0.39 is 5.41 Å². The van der Waals surface area contributed by atoms with Crippen molar-refractivity contribution in [2.24, 2.45) is 5.41 Å². The quantitative estimate of drug-likeness (QED) is 0.756. The fraction of sp³-hybridized carbons (Fsp3) is 0.417. The van der Waals surface area contributed by atoms with Crippen LogP contribution in [-0.2, 0) is 4.79 Å². The minimum Gasteiger partial charge on any atom is -0.325 e. The topological polar surface area (TPSA) is 29.1 Å². The van der Waals surface area contributed by atoms with Crippen LogP contribution in [0.1, 0.15) is 26.3 Å². The average molecular weight is 209 g/mol. The fourth-order valence-corrected chi connectivity index (χ4v) is 1.05. The molecule has 0 aliphatic heterocycles. The highest BCUT2D eigenvalue weighted by Gasteiger charge is 2.21. The van der Waals surface area contributed by atoms with Crippen LogP contribution in [0.2, 0.25) is 0 Å². The molecule has 2 nitrogen and oxygen atoms in total. The molecule has 0 atom stereocenters. The van der Waals surface area contributed by atoms with E-state index in [1.807, 2.05) is 20.8 Å². The summed E-state index contributed by atoms with van der Waals surface area (Å²) in [7, 11) is 0. The molecular formula is C12H16FNO. The smallest absolute Gasteiger partial charge is 0.229 e. The predicted octanol–water partition coefficient (Wildman–Crippen LogP) is 3.12. The lowest BCUT2D eigenvalue weighted by Crippen LogP contribution is -2.28. The lowest BCUT2D eigenvalue weighted by molar-refractivity contribution is -0.123. The van der Waals surface area contributed by atoms with Crippen LogP contribution in [0, 0.1) is 18.2 Å². The van der Waals surface area contributed by atoms with Gasteiger partial charge in [0.25, 0.3) is 0 Å². The van der Waals surface area contributed by atoms with Crippen molar-refractivity contribution >= 4 is 11.6 Å². The second-order valence-electron chi connectivity index (χ2n) is 4.62. The molecule has 0 heterocycles. The molecule has 3 heteroatoms. The Hall–Kier alpha value is -1.38. The summed E-state index contributed by atoms with van der Waals surface area (Å²) in [6.45, 7) is 7.10. The first-order valence-electron chi connectivity index (χ1n) is 4.89. The minimum absolute atomic E-state index is 0.115. The van der Waals surface area contributed by atoms with Crippen LogP contribution in [0.3, 0.4) is 0 Å². The van der Waals surface area contributed by atoms with E-state index in [2.05, 4.69) is 5.32 Å². The van der Waals surface area contributed by atoms with E-state index in [1.54, 1.807) is 19.1 Å². The number of halogens is 1. The van der Waals surface area contributed by atoms with E-state index in [0.717, 1.165) is 0 Å². The van der Waals surface area contributed by atoms with Gasteiger partial charge in [-0.05, 0) is 19.1 Å². The van der Waals surface area contributed by atoms with Crippen LogP contribution in [0.5, 0.6) is 0 Å². The van der Waals surface area contributed by atoms with Gasteiger partial charge in [-0.15, -0.1) is 0 Å². The molecule has 0 aliphatic carbocycles. The molecule has 1 N–H and O–H groups in total. The van der Waals surface area contributed by atoms with Gasteiger partial charge >= 0.3 is 0 Å². The highest BCUT2D eigenvalue weighted by molar-refractivity contribution is 5.95. The summed E-state index contributed by atoms with van der Waals surface area (Å²) in [4.78, 5) is 11.7. The van der Waals surface area contributed by atoms with Gasteiger partial charge in [0.2, 0.25) is 5.91 Å². The number of amides is 1. The zero-order chi connectivity index (χ0) is 11.6. The summed E-state index contributed by atoms with van der Waals surface area (Å²) in [5, 5.41) is 2.71. The standard InChI is InChI=1S/C12H16FNO/c1-8-9(13)6-5-7-10(8)14-11(15)12(2,3)4/h5-7H,1-4H3,(H,14,15). The number of carbonyl (C=O) groups excluding carboxylic acids is 1. The van der Waals surface area contributed by atoms with Gasteiger partial charge in [0.1, 0.15) is 5.82 Å². The molecule has 0 aliphatic rings. The Labute approximate surface area is 89.5 Å². The largest absolute Gasteiger partial charge is 0.325 e. The Morgan fingerprint density at radius 3 is 2.47 bits per heavy atom. The summed E-state index contributed by atoms with van der Waals surface area (Å²) in [6.07, 6.45) is 0. The maximum atomic E-state index is 13.2. The molecule has 1 amide bonds. The summed E-state index contributed by atoms with van der Waals surface area (Å²) in [5.74, 6) is -0.419. The van der Waals surface area contributed by atoms with Gasteiger partial charge in [-0.2, -0.15) is 0 Å². The molecule has 0 saturated carbocycles. The molecule has 82 valence electrons. The zero-order valence-electron chi connectivity index (χ0n) is 9.52. The number of nitrogens with one attached hydrogen (secondary N) is 1. The molecule has 0 fully saturated rings. The third-order valence-corrected chi connectivity index (χ3v) is 2.20. The van der Waals surface area contributed by atoms with Crippen molar-refractivity contribution in [2.45, 2.75) is 27.7 Å². The van der Waals surface area contributed by atoms with Crippen molar-refractivity contribution < 1.29 is 9.18 Å². The second kappa shape index (κ2) is 4.01. The van der Waals surface area contributed by atoms with E-state index in [9.17, 15) is 9.18 Å². The van der Waals surface area contributed by atoms with Crippen molar-refractivity contribution in [1.29, 1.82) is 0 Å². The maximum absolute atomic E-state index is 13.2. The van der Waals surface area contributed by atoms with Gasteiger partial charge < -0.3 is 5.32 Å². The van der Waals surface area contributed by atoms with E-state index in [1.165, 1.54) is 6.07 Å². The van der Waals surface area contributed by atoms with Crippen molar-refractivity contribution in [1.82, 2.24) is 0 Å². The second-order valence-corrected chi connectivity index (χ2v) is 4.62. The molecular weight excluding hydrogens is 193 g/mol. The summed E-state index contributed by atoms with van der Waals surface area (Å²) in [5.41, 5.74) is 0.531. The highest BCUT2D eigenvalue weighted by atomic mass is 19.1. The van der Waals surface area contributed by atoms with Crippen LogP contribution >= 0.6 is 0 Å². The van der Waals surface area contributed by atoms with Gasteiger partial charge in [-0.1, -0.05) is 26.8 Å². The normalized spacial score (nSPS) is 11.3. The molecule has 0 unspecified atom stereocenters. The molecule has 0 saturated heterocycles. The van der Waals surface area contributed by atoms with E-state index >= 15 is 0 Å². The molecule has 1 rings (SSSR count). The number of anilines is 1. The van der Waals surface area contributed by atoms with Crippen molar-refractivity contribution in [3.8, 4) is 0 Å². The Balaban J connectivity index is 2.91. The van der Waals surface area contributed by atoms with Crippen molar-refractivity contribution in [3.63, 3.8) is 0 Å². The first-order chi connectivity index (χ1) is 6.82. The number of carbonyl (C=O) groups is 1. The van der Waals surface area contributed by atoms with E-state index in [0.29, 0.717) is 11.3 Å². The molecule has 1 aromatic carbocycles. The molecule has 1 aromatic rings. The van der Waals surface area contributed by atoms with Crippen LogP contribution in [-0.4, -0.2) is 5.91 Å². The van der Waals surface area contributed by atoms with E-state index in [4.69, 9.17) is 0 Å². The zero-order valence-corrected chi connectivity index (χ0v) is 9.52. The molecule has 0 bridgehead atoms. The van der Waals surface area contributed by atoms with Crippen LogP contribution in [0.4, 0.5) is 10.1 Å². The molecule has 0 aromatic heterocycles. The summed E-state index contributed by atoms with van der Waals surface area (Å²) in [6, 6.07) is 4.66. The highest BCUT2D eigenvalue weighted by Crippen LogP contribution is 2.21. The van der Waals surface area contributed by atoms with E-state index in [-0.39, 0.29) is 11.7 Å². The lowest BCUT2D eigenvalue weighted by Gasteiger charge is -2.18. The SMILES string of the molecule is Cc1c(F)cccc1NC(=O)C(C)(C)C. The number of benzene rings is 1. The maximum Gasteiger partial charge on any atom is 0.229 e. The van der Waals surface area contributed by atoms with Gasteiger partial charge in [0.15, 0.2) is 0 Å². The van der Waals surface area contributed by atoms with Crippen LogP contribution < -0.4 is 5.32 Å². The average Bonchev–Trinajstić information content (AvgIpc) is 2.11. The Kier molecular flexibility index (Phi) is 3.12. The van der Waals surface area contributed by atoms with Gasteiger partial charge in [-0.25, -0.2) is 4.39 Å². The first-order valence-corrected chi connectivity index (χ1v) is 4.89. The lowest BCUT2D eigenvalue weighted by atomic mass is 9.95. The number of hydrogen-bond donors (Lipinski definition) is 1. The van der Waals surface area contributed by atoms with Crippen LogP contribution in [0.25, 0.3) is 0 Å². The van der Waals surface area contributed by atoms with Crippen LogP contribution in [0.15, 0.2) is 18.2 Å². The fourth-order valence-electron chi connectivity index (χ4n) is 1.05. The molecule has 15 heavy (non-hydrogen) atoms. The first kappa shape index (κ1) is 11.7. The van der Waals surface area contributed by atoms with Gasteiger partial charge in [-0.3, -0.25) is 4.79 Å². The van der Waals surface area contributed by atoms with Crippen molar-refractivity contribution in [2.75, 3.05) is 5.32 Å². The number of rotatable bonds is 1. The van der Waals surface area contributed by atoms with Crippen molar-refractivity contribution in [3.05, 3.63) is 29.6 Å². The predicted molar refractivity (Wildman–Crippen MR) is 59.2 cm³/mol. The third kappa shape index (κ3) is 2.78.